The molecule has 0 fully saturated rings. The smallest absolute Gasteiger partial charge is 0.238 e. The lowest BCUT2D eigenvalue weighted by Gasteiger charge is -2.16. The van der Waals surface area contributed by atoms with E-state index in [1.807, 2.05) is 36.2 Å². The Balaban J connectivity index is 2.42. The predicted molar refractivity (Wildman–Crippen MR) is 75.2 cm³/mol. The highest BCUT2D eigenvalue weighted by Crippen LogP contribution is 2.20. The minimum absolute atomic E-state index is 0.0236. The number of nitrogens with one attached hydrogen (secondary N) is 1. The second kappa shape index (κ2) is 7.45. The van der Waals surface area contributed by atoms with Gasteiger partial charge in [-0.2, -0.15) is 0 Å². The third-order valence-corrected chi connectivity index (χ3v) is 3.15. The molecule has 0 unspecified atom stereocenters. The molecular formula is C13H19BrN2O. The van der Waals surface area contributed by atoms with Crippen LogP contribution >= 0.6 is 15.9 Å². The zero-order valence-electron chi connectivity index (χ0n) is 10.4. The van der Waals surface area contributed by atoms with Crippen LogP contribution in [-0.4, -0.2) is 30.9 Å². The predicted octanol–water partition coefficient (Wildman–Crippen LogP) is 3.12. The molecule has 0 radical (unpaired) electrons. The van der Waals surface area contributed by atoms with E-state index < -0.39 is 0 Å². The van der Waals surface area contributed by atoms with Crippen LogP contribution in [-0.2, 0) is 4.79 Å². The van der Waals surface area contributed by atoms with Crippen molar-refractivity contribution in [2.75, 3.05) is 25.5 Å². The number of amides is 1. The summed E-state index contributed by atoms with van der Waals surface area (Å²) in [6, 6.07) is 7.62. The second-order valence-electron chi connectivity index (χ2n) is 4.12. The molecule has 1 aromatic carbocycles. The first kappa shape index (κ1) is 14.2. The summed E-state index contributed by atoms with van der Waals surface area (Å²) in [5.41, 5.74) is 0.821. The molecule has 17 heavy (non-hydrogen) atoms. The van der Waals surface area contributed by atoms with Crippen LogP contribution in [0.5, 0.6) is 0 Å². The standard InChI is InChI=1S/C13H19BrN2O/c1-3-4-9-16(2)10-13(17)15-12-8-6-5-7-11(12)14/h5-8H,3-4,9-10H2,1-2H3,(H,15,17). The third-order valence-electron chi connectivity index (χ3n) is 2.45. The topological polar surface area (TPSA) is 32.3 Å². The molecule has 0 saturated heterocycles. The minimum Gasteiger partial charge on any atom is -0.324 e. The first-order valence-corrected chi connectivity index (χ1v) is 6.65. The van der Waals surface area contributed by atoms with Gasteiger partial charge in [0.25, 0.3) is 0 Å². The molecule has 0 aliphatic rings. The Hall–Kier alpha value is -0.870. The van der Waals surface area contributed by atoms with Gasteiger partial charge in [-0.05, 0) is 48.1 Å². The van der Waals surface area contributed by atoms with Gasteiger partial charge in [-0.3, -0.25) is 9.69 Å². The van der Waals surface area contributed by atoms with Crippen molar-refractivity contribution < 1.29 is 4.79 Å². The monoisotopic (exact) mass is 298 g/mol. The van der Waals surface area contributed by atoms with Crippen LogP contribution in [0.4, 0.5) is 5.69 Å². The molecular weight excluding hydrogens is 280 g/mol. The maximum absolute atomic E-state index is 11.8. The Bertz CT molecular complexity index is 368. The van der Waals surface area contributed by atoms with Crippen LogP contribution in [0.15, 0.2) is 28.7 Å². The van der Waals surface area contributed by atoms with Crippen molar-refractivity contribution in [1.29, 1.82) is 0 Å². The summed E-state index contributed by atoms with van der Waals surface area (Å²) in [4.78, 5) is 13.8. The molecule has 0 bridgehead atoms. The molecule has 0 spiro atoms. The molecule has 3 nitrogen and oxygen atoms in total. The number of carbonyl (C=O) groups excluding carboxylic acids is 1. The maximum atomic E-state index is 11.8. The molecule has 0 saturated carbocycles. The number of halogens is 1. The Labute approximate surface area is 111 Å². The lowest BCUT2D eigenvalue weighted by atomic mass is 10.3. The van der Waals surface area contributed by atoms with Gasteiger partial charge in [-0.25, -0.2) is 0 Å². The summed E-state index contributed by atoms with van der Waals surface area (Å²) in [5.74, 6) is 0.0236. The van der Waals surface area contributed by atoms with E-state index in [0.29, 0.717) is 6.54 Å². The number of para-hydroxylation sites is 1. The summed E-state index contributed by atoms with van der Waals surface area (Å²) in [5, 5.41) is 2.89. The van der Waals surface area contributed by atoms with Gasteiger partial charge in [-0.1, -0.05) is 25.5 Å². The van der Waals surface area contributed by atoms with Gasteiger partial charge >= 0.3 is 0 Å². The first-order chi connectivity index (χ1) is 8.13. The van der Waals surface area contributed by atoms with E-state index in [0.717, 1.165) is 29.5 Å². The fourth-order valence-corrected chi connectivity index (χ4v) is 1.89. The Morgan fingerprint density at radius 2 is 2.12 bits per heavy atom. The summed E-state index contributed by atoms with van der Waals surface area (Å²) >= 11 is 3.40. The second-order valence-corrected chi connectivity index (χ2v) is 4.97. The molecule has 0 atom stereocenters. The largest absolute Gasteiger partial charge is 0.324 e. The molecule has 0 aliphatic carbocycles. The van der Waals surface area contributed by atoms with Gasteiger partial charge in [0.15, 0.2) is 0 Å². The number of hydrogen-bond acceptors (Lipinski definition) is 2. The van der Waals surface area contributed by atoms with Gasteiger partial charge in [0.2, 0.25) is 5.91 Å². The number of benzene rings is 1. The van der Waals surface area contributed by atoms with Crippen LogP contribution in [0.25, 0.3) is 0 Å². The van der Waals surface area contributed by atoms with E-state index in [9.17, 15) is 4.79 Å². The Morgan fingerprint density at radius 3 is 2.76 bits per heavy atom. The number of nitrogens with zero attached hydrogens (tertiary/aromatic N) is 1. The van der Waals surface area contributed by atoms with Gasteiger partial charge in [-0.15, -0.1) is 0 Å². The van der Waals surface area contributed by atoms with Crippen molar-refractivity contribution in [3.8, 4) is 0 Å². The molecule has 0 heterocycles. The van der Waals surface area contributed by atoms with E-state index in [-0.39, 0.29) is 5.91 Å². The van der Waals surface area contributed by atoms with Crippen molar-refractivity contribution in [1.82, 2.24) is 4.90 Å². The van der Waals surface area contributed by atoms with Gasteiger partial charge in [0.05, 0.1) is 12.2 Å². The normalized spacial score (nSPS) is 10.6. The fraction of sp³-hybridized carbons (Fsp3) is 0.462. The fourth-order valence-electron chi connectivity index (χ4n) is 1.50. The number of rotatable bonds is 6. The zero-order valence-corrected chi connectivity index (χ0v) is 12.0. The molecule has 0 aromatic heterocycles. The lowest BCUT2D eigenvalue weighted by Crippen LogP contribution is -2.30. The quantitative estimate of drug-likeness (QED) is 0.875. The van der Waals surface area contributed by atoms with Crippen molar-refractivity contribution in [3.05, 3.63) is 28.7 Å². The van der Waals surface area contributed by atoms with E-state index in [4.69, 9.17) is 0 Å². The van der Waals surface area contributed by atoms with Crippen LogP contribution in [0.3, 0.4) is 0 Å². The zero-order chi connectivity index (χ0) is 12.7. The molecule has 1 rings (SSSR count). The summed E-state index contributed by atoms with van der Waals surface area (Å²) < 4.78 is 0.907. The number of anilines is 1. The number of hydrogen-bond donors (Lipinski definition) is 1. The lowest BCUT2D eigenvalue weighted by molar-refractivity contribution is -0.117. The van der Waals surface area contributed by atoms with E-state index in [2.05, 4.69) is 28.2 Å². The average molecular weight is 299 g/mol. The number of unbranched alkanes of at least 4 members (excludes halogenated alkanes) is 1. The molecule has 1 amide bonds. The summed E-state index contributed by atoms with van der Waals surface area (Å²) in [7, 11) is 1.97. The highest BCUT2D eigenvalue weighted by molar-refractivity contribution is 9.10. The Kier molecular flexibility index (Phi) is 6.22. The summed E-state index contributed by atoms with van der Waals surface area (Å²) in [6.45, 7) is 3.54. The van der Waals surface area contributed by atoms with Crippen molar-refractivity contribution >= 4 is 27.5 Å². The van der Waals surface area contributed by atoms with E-state index >= 15 is 0 Å². The van der Waals surface area contributed by atoms with Crippen LogP contribution in [0.1, 0.15) is 19.8 Å². The highest BCUT2D eigenvalue weighted by Gasteiger charge is 2.07. The highest BCUT2D eigenvalue weighted by atomic mass is 79.9. The minimum atomic E-state index is 0.0236. The molecule has 4 heteroatoms. The number of likely N-dealkylation sites (N-methyl/N-ethyl adjacent to an activating group) is 1. The first-order valence-electron chi connectivity index (χ1n) is 5.86. The third kappa shape index (κ3) is 5.33. The van der Waals surface area contributed by atoms with Crippen molar-refractivity contribution in [3.63, 3.8) is 0 Å². The van der Waals surface area contributed by atoms with Crippen molar-refractivity contribution in [2.24, 2.45) is 0 Å². The molecule has 0 aliphatic heterocycles. The summed E-state index contributed by atoms with van der Waals surface area (Å²) in [6.07, 6.45) is 2.27. The van der Waals surface area contributed by atoms with Crippen molar-refractivity contribution in [2.45, 2.75) is 19.8 Å². The van der Waals surface area contributed by atoms with Gasteiger partial charge < -0.3 is 5.32 Å². The molecule has 1 aromatic rings. The van der Waals surface area contributed by atoms with Gasteiger partial charge in [0, 0.05) is 4.47 Å². The van der Waals surface area contributed by atoms with Crippen LogP contribution < -0.4 is 5.32 Å². The number of carbonyl (C=O) groups is 1. The van der Waals surface area contributed by atoms with Gasteiger partial charge in [0.1, 0.15) is 0 Å². The maximum Gasteiger partial charge on any atom is 0.238 e. The van der Waals surface area contributed by atoms with E-state index in [1.54, 1.807) is 0 Å². The Morgan fingerprint density at radius 1 is 1.41 bits per heavy atom. The molecule has 94 valence electrons. The SMILES string of the molecule is CCCCN(C)CC(=O)Nc1ccccc1Br. The van der Waals surface area contributed by atoms with Crippen LogP contribution in [0, 0.1) is 0 Å². The van der Waals surface area contributed by atoms with Crippen LogP contribution in [0.2, 0.25) is 0 Å². The van der Waals surface area contributed by atoms with E-state index in [1.165, 1.54) is 0 Å². The molecule has 1 N–H and O–H groups in total. The average Bonchev–Trinajstić information content (AvgIpc) is 2.29.